The second-order valence-electron chi connectivity index (χ2n) is 4.82. The topological polar surface area (TPSA) is 99.3 Å². The third kappa shape index (κ3) is 4.95. The highest BCUT2D eigenvalue weighted by molar-refractivity contribution is 5.94. The molecule has 6 nitrogen and oxygen atoms in total. The SMILES string of the molecule is CC(C)CC(CNC(=O)c1ccc(=O)[nH]c1)C(=O)O. The second-order valence-corrected chi connectivity index (χ2v) is 4.82. The van der Waals surface area contributed by atoms with Gasteiger partial charge in [0.1, 0.15) is 0 Å². The fourth-order valence-corrected chi connectivity index (χ4v) is 1.71. The molecule has 104 valence electrons. The van der Waals surface area contributed by atoms with Gasteiger partial charge in [-0.1, -0.05) is 13.8 Å². The van der Waals surface area contributed by atoms with Crippen LogP contribution in [0, 0.1) is 11.8 Å². The van der Waals surface area contributed by atoms with Crippen LogP contribution < -0.4 is 10.9 Å². The Bertz CT molecular complexity index is 487. The molecule has 1 rings (SSSR count). The molecule has 0 saturated heterocycles. The zero-order valence-electron chi connectivity index (χ0n) is 11.0. The molecule has 3 N–H and O–H groups in total. The minimum atomic E-state index is -0.921. The van der Waals surface area contributed by atoms with Gasteiger partial charge < -0.3 is 15.4 Å². The molecule has 0 fully saturated rings. The fourth-order valence-electron chi connectivity index (χ4n) is 1.71. The number of aromatic amines is 1. The van der Waals surface area contributed by atoms with E-state index in [1.165, 1.54) is 18.3 Å². The predicted octanol–water partition coefficient (Wildman–Crippen LogP) is 0.852. The smallest absolute Gasteiger partial charge is 0.308 e. The first-order valence-electron chi connectivity index (χ1n) is 6.10. The number of rotatable bonds is 6. The maximum Gasteiger partial charge on any atom is 0.308 e. The summed E-state index contributed by atoms with van der Waals surface area (Å²) in [4.78, 5) is 36.0. The molecule has 0 bridgehead atoms. The van der Waals surface area contributed by atoms with E-state index in [0.717, 1.165) is 0 Å². The lowest BCUT2D eigenvalue weighted by Crippen LogP contribution is -2.33. The summed E-state index contributed by atoms with van der Waals surface area (Å²) in [5.41, 5.74) is 0.00746. The molecule has 0 aliphatic heterocycles. The second kappa shape index (κ2) is 6.72. The Morgan fingerprint density at radius 3 is 2.53 bits per heavy atom. The van der Waals surface area contributed by atoms with E-state index in [1.54, 1.807) is 0 Å². The number of carboxylic acid groups (broad SMARTS) is 1. The van der Waals surface area contributed by atoms with Gasteiger partial charge >= 0.3 is 5.97 Å². The molecule has 0 radical (unpaired) electrons. The number of aromatic nitrogens is 1. The van der Waals surface area contributed by atoms with Crippen molar-refractivity contribution in [2.45, 2.75) is 20.3 Å². The van der Waals surface area contributed by atoms with E-state index in [4.69, 9.17) is 5.11 Å². The fraction of sp³-hybridized carbons (Fsp3) is 0.462. The number of hydrogen-bond donors (Lipinski definition) is 3. The van der Waals surface area contributed by atoms with Gasteiger partial charge in [0.2, 0.25) is 5.56 Å². The summed E-state index contributed by atoms with van der Waals surface area (Å²) >= 11 is 0. The van der Waals surface area contributed by atoms with E-state index in [1.807, 2.05) is 13.8 Å². The average molecular weight is 266 g/mol. The molecule has 0 aliphatic carbocycles. The quantitative estimate of drug-likeness (QED) is 0.710. The van der Waals surface area contributed by atoms with E-state index in [0.29, 0.717) is 12.0 Å². The number of hydrogen-bond acceptors (Lipinski definition) is 3. The van der Waals surface area contributed by atoms with E-state index < -0.39 is 17.8 Å². The van der Waals surface area contributed by atoms with Crippen LogP contribution in [0.5, 0.6) is 0 Å². The number of carbonyl (C=O) groups is 2. The lowest BCUT2D eigenvalue weighted by molar-refractivity contribution is -0.142. The average Bonchev–Trinajstić information content (AvgIpc) is 2.34. The van der Waals surface area contributed by atoms with Crippen LogP contribution in [0.2, 0.25) is 0 Å². The van der Waals surface area contributed by atoms with Crippen molar-refractivity contribution in [1.82, 2.24) is 10.3 Å². The Balaban J connectivity index is 2.59. The number of aliphatic carboxylic acids is 1. The Morgan fingerprint density at radius 1 is 1.37 bits per heavy atom. The van der Waals surface area contributed by atoms with Crippen molar-refractivity contribution < 1.29 is 14.7 Å². The van der Waals surface area contributed by atoms with E-state index in [2.05, 4.69) is 10.3 Å². The van der Waals surface area contributed by atoms with Crippen LogP contribution in [-0.4, -0.2) is 28.5 Å². The lowest BCUT2D eigenvalue weighted by atomic mass is 9.97. The summed E-state index contributed by atoms with van der Waals surface area (Å²) in [7, 11) is 0. The van der Waals surface area contributed by atoms with Crippen LogP contribution in [0.3, 0.4) is 0 Å². The molecule has 6 heteroatoms. The Kier molecular flexibility index (Phi) is 5.29. The van der Waals surface area contributed by atoms with Gasteiger partial charge in [-0.2, -0.15) is 0 Å². The number of nitrogens with one attached hydrogen (secondary N) is 2. The van der Waals surface area contributed by atoms with Crippen molar-refractivity contribution in [2.75, 3.05) is 6.54 Å². The molecule has 1 heterocycles. The molecular formula is C13H18N2O4. The van der Waals surface area contributed by atoms with Gasteiger partial charge in [-0.25, -0.2) is 0 Å². The lowest BCUT2D eigenvalue weighted by Gasteiger charge is -2.15. The van der Waals surface area contributed by atoms with Gasteiger partial charge in [0, 0.05) is 18.8 Å². The van der Waals surface area contributed by atoms with Crippen LogP contribution in [0.4, 0.5) is 0 Å². The molecule has 1 aromatic heterocycles. The van der Waals surface area contributed by atoms with E-state index in [9.17, 15) is 14.4 Å². The normalized spacial score (nSPS) is 12.2. The maximum absolute atomic E-state index is 11.7. The molecule has 0 aliphatic rings. The molecule has 0 saturated carbocycles. The number of pyridine rings is 1. The first kappa shape index (κ1) is 14.9. The summed E-state index contributed by atoms with van der Waals surface area (Å²) in [6.45, 7) is 3.94. The zero-order valence-corrected chi connectivity index (χ0v) is 11.0. The summed E-state index contributed by atoms with van der Waals surface area (Å²) < 4.78 is 0. The van der Waals surface area contributed by atoms with Crippen LogP contribution >= 0.6 is 0 Å². The standard InChI is InChI=1S/C13H18N2O4/c1-8(2)5-10(13(18)19)7-15-12(17)9-3-4-11(16)14-6-9/h3-4,6,8,10H,5,7H2,1-2H3,(H,14,16)(H,15,17)(H,18,19). The number of carboxylic acids is 1. The summed E-state index contributed by atoms with van der Waals surface area (Å²) in [5.74, 6) is -1.68. The molecule has 1 amide bonds. The highest BCUT2D eigenvalue weighted by Crippen LogP contribution is 2.11. The van der Waals surface area contributed by atoms with Crippen molar-refractivity contribution in [3.63, 3.8) is 0 Å². The molecule has 1 aromatic rings. The van der Waals surface area contributed by atoms with E-state index in [-0.39, 0.29) is 18.0 Å². The van der Waals surface area contributed by atoms with Gasteiger partial charge in [-0.15, -0.1) is 0 Å². The molecule has 0 aromatic carbocycles. The first-order valence-corrected chi connectivity index (χ1v) is 6.10. The Hall–Kier alpha value is -2.11. The molecular weight excluding hydrogens is 248 g/mol. The highest BCUT2D eigenvalue weighted by Gasteiger charge is 2.19. The Labute approximate surface area is 110 Å². The van der Waals surface area contributed by atoms with Gasteiger partial charge in [0.05, 0.1) is 11.5 Å². The largest absolute Gasteiger partial charge is 0.481 e. The predicted molar refractivity (Wildman–Crippen MR) is 70.0 cm³/mol. The van der Waals surface area contributed by atoms with Crippen LogP contribution in [-0.2, 0) is 4.79 Å². The molecule has 0 spiro atoms. The third-order valence-electron chi connectivity index (χ3n) is 2.66. The molecule has 19 heavy (non-hydrogen) atoms. The number of carbonyl (C=O) groups excluding carboxylic acids is 1. The van der Waals surface area contributed by atoms with Crippen molar-refractivity contribution in [1.29, 1.82) is 0 Å². The number of H-pyrrole nitrogens is 1. The monoisotopic (exact) mass is 266 g/mol. The minimum Gasteiger partial charge on any atom is -0.481 e. The molecule has 1 atom stereocenters. The first-order chi connectivity index (χ1) is 8.90. The van der Waals surface area contributed by atoms with Crippen LogP contribution in [0.15, 0.2) is 23.1 Å². The van der Waals surface area contributed by atoms with Crippen LogP contribution in [0.1, 0.15) is 30.6 Å². The summed E-state index contributed by atoms with van der Waals surface area (Å²) in [6.07, 6.45) is 1.80. The van der Waals surface area contributed by atoms with E-state index >= 15 is 0 Å². The van der Waals surface area contributed by atoms with Gasteiger partial charge in [0.15, 0.2) is 0 Å². The van der Waals surface area contributed by atoms with Crippen molar-refractivity contribution in [2.24, 2.45) is 11.8 Å². The number of amides is 1. The van der Waals surface area contributed by atoms with Crippen LogP contribution in [0.25, 0.3) is 0 Å². The Morgan fingerprint density at radius 2 is 2.05 bits per heavy atom. The van der Waals surface area contributed by atoms with Gasteiger partial charge in [-0.3, -0.25) is 14.4 Å². The minimum absolute atomic E-state index is 0.0749. The highest BCUT2D eigenvalue weighted by atomic mass is 16.4. The van der Waals surface area contributed by atoms with Crippen molar-refractivity contribution in [3.8, 4) is 0 Å². The third-order valence-corrected chi connectivity index (χ3v) is 2.66. The van der Waals surface area contributed by atoms with Crippen molar-refractivity contribution >= 4 is 11.9 Å². The maximum atomic E-state index is 11.7. The van der Waals surface area contributed by atoms with Gasteiger partial charge in [-0.05, 0) is 18.4 Å². The molecule has 1 unspecified atom stereocenters. The summed E-state index contributed by atoms with van der Waals surface area (Å²) in [5, 5.41) is 11.6. The zero-order chi connectivity index (χ0) is 14.4. The summed E-state index contributed by atoms with van der Waals surface area (Å²) in [6, 6.07) is 2.64. The van der Waals surface area contributed by atoms with Gasteiger partial charge in [0.25, 0.3) is 5.91 Å². The van der Waals surface area contributed by atoms with Crippen molar-refractivity contribution in [3.05, 3.63) is 34.2 Å².